The number of benzene rings is 4. The Hall–Kier alpha value is -3.63. The minimum absolute atomic E-state index is 0. The summed E-state index contributed by atoms with van der Waals surface area (Å²) < 4.78 is 30.6. The van der Waals surface area contributed by atoms with Crippen LogP contribution in [0.3, 0.4) is 0 Å². The summed E-state index contributed by atoms with van der Waals surface area (Å²) in [6.07, 6.45) is 0. The summed E-state index contributed by atoms with van der Waals surface area (Å²) in [7, 11) is 0.500. The van der Waals surface area contributed by atoms with Gasteiger partial charge in [-0.15, -0.1) is 0 Å². The standard InChI is InChI=1S/C25H10Cl3FO7.CH3F.ClH/c26-12-5-10-15(7-14(12)30)36-23-17(8-3-1-2-4-9(8)22(31)21(23)29)16(10)18-13(27)6-11(24(32)33)20(28)19(18)25(34)35;1-2;/h1-7,31H,(H,32,33)(H,34,35);1H3;1H/p-1. The molecule has 39 heavy (non-hydrogen) atoms. The molecule has 5 rings (SSSR count). The van der Waals surface area contributed by atoms with Crippen LogP contribution >= 0.6 is 34.8 Å². The topological polar surface area (TPSA) is 125 Å². The Kier molecular flexibility index (Phi) is 8.62. The molecular formula is C26H13Cl4F2O7-. The second kappa shape index (κ2) is 11.2. The third-order valence-corrected chi connectivity index (χ3v) is 6.75. The maximum atomic E-state index is 15.4. The van der Waals surface area contributed by atoms with Crippen molar-refractivity contribution in [2.24, 2.45) is 0 Å². The van der Waals surface area contributed by atoms with Crippen molar-refractivity contribution < 1.29 is 50.5 Å². The molecule has 0 bridgehead atoms. The number of aromatic hydroxyl groups is 1. The van der Waals surface area contributed by atoms with E-state index in [2.05, 4.69) is 0 Å². The largest absolute Gasteiger partial charge is 1.00 e. The number of halogens is 6. The van der Waals surface area contributed by atoms with Crippen molar-refractivity contribution in [1.29, 1.82) is 0 Å². The lowest BCUT2D eigenvalue weighted by Gasteiger charge is -2.21. The molecule has 1 aliphatic carbocycles. The Morgan fingerprint density at radius 1 is 0.897 bits per heavy atom. The van der Waals surface area contributed by atoms with Crippen LogP contribution < -0.4 is 17.8 Å². The highest BCUT2D eigenvalue weighted by atomic mass is 35.5. The molecule has 3 aromatic carbocycles. The molecule has 2 aliphatic rings. The molecule has 1 heterocycles. The number of aromatic carboxylic acids is 2. The predicted octanol–water partition coefficient (Wildman–Crippen LogP) is 4.51. The highest BCUT2D eigenvalue weighted by molar-refractivity contribution is 6.41. The maximum absolute atomic E-state index is 15.4. The molecule has 0 unspecified atom stereocenters. The van der Waals surface area contributed by atoms with Crippen LogP contribution in [-0.2, 0) is 0 Å². The Morgan fingerprint density at radius 3 is 2.10 bits per heavy atom. The average Bonchev–Trinajstić information content (AvgIpc) is 2.89. The van der Waals surface area contributed by atoms with Gasteiger partial charge in [-0.05, 0) is 17.5 Å². The lowest BCUT2D eigenvalue weighted by molar-refractivity contribution is -0.0000402. The molecule has 3 aromatic rings. The highest BCUT2D eigenvalue weighted by Crippen LogP contribution is 2.50. The SMILES string of the molecule is CF.O=C(O)c1cc(Cl)c(-c2c3cc(Cl)c(=O)cc-3oc3c(F)c(O)c4ccccc4c23)c(C(=O)O)c1Cl.[Cl-]. The summed E-state index contributed by atoms with van der Waals surface area (Å²) in [6, 6.07) is 9.28. The molecule has 0 radical (unpaired) electrons. The summed E-state index contributed by atoms with van der Waals surface area (Å²) in [5.74, 6) is -5.22. The van der Waals surface area contributed by atoms with Gasteiger partial charge in [0.2, 0.25) is 11.2 Å². The molecule has 0 atom stereocenters. The van der Waals surface area contributed by atoms with E-state index in [0.29, 0.717) is 7.18 Å². The van der Waals surface area contributed by atoms with Crippen LogP contribution in [-0.4, -0.2) is 34.4 Å². The van der Waals surface area contributed by atoms with Gasteiger partial charge in [0, 0.05) is 33.5 Å². The normalized spacial score (nSPS) is 10.7. The summed E-state index contributed by atoms with van der Waals surface area (Å²) in [6.45, 7) is 0. The van der Waals surface area contributed by atoms with E-state index in [0.717, 1.165) is 12.1 Å². The molecule has 0 saturated carbocycles. The Morgan fingerprint density at radius 2 is 1.51 bits per heavy atom. The van der Waals surface area contributed by atoms with Gasteiger partial charge < -0.3 is 32.1 Å². The number of carboxylic acid groups (broad SMARTS) is 2. The summed E-state index contributed by atoms with van der Waals surface area (Å²) in [4.78, 5) is 36.3. The van der Waals surface area contributed by atoms with Gasteiger partial charge in [0.1, 0.15) is 5.76 Å². The number of phenols is 1. The monoisotopic (exact) mass is 615 g/mol. The molecule has 0 amide bonds. The lowest BCUT2D eigenvalue weighted by atomic mass is 9.87. The van der Waals surface area contributed by atoms with Crippen molar-refractivity contribution in [3.63, 3.8) is 0 Å². The third kappa shape index (κ3) is 4.72. The second-order valence-electron chi connectivity index (χ2n) is 7.75. The van der Waals surface area contributed by atoms with E-state index >= 15 is 4.39 Å². The van der Waals surface area contributed by atoms with Crippen molar-refractivity contribution in [1.82, 2.24) is 0 Å². The first-order valence-corrected chi connectivity index (χ1v) is 11.5. The minimum atomic E-state index is -1.61. The van der Waals surface area contributed by atoms with E-state index in [1.165, 1.54) is 18.2 Å². The molecule has 1 aliphatic heterocycles. The zero-order valence-corrected chi connectivity index (χ0v) is 22.3. The Labute approximate surface area is 238 Å². The number of carbonyl (C=O) groups is 2. The van der Waals surface area contributed by atoms with Crippen LogP contribution in [0.1, 0.15) is 20.7 Å². The van der Waals surface area contributed by atoms with Crippen LogP contribution in [0, 0.1) is 5.82 Å². The van der Waals surface area contributed by atoms with Crippen LogP contribution in [0.25, 0.3) is 44.2 Å². The summed E-state index contributed by atoms with van der Waals surface area (Å²) in [5, 5.41) is 29.2. The first kappa shape index (κ1) is 29.9. The number of alkyl halides is 1. The fourth-order valence-corrected chi connectivity index (χ4v) is 5.03. The summed E-state index contributed by atoms with van der Waals surface area (Å²) in [5.41, 5.74) is -2.61. The molecule has 7 nitrogen and oxygen atoms in total. The fourth-order valence-electron chi connectivity index (χ4n) is 4.26. The van der Waals surface area contributed by atoms with Gasteiger partial charge in [-0.3, -0.25) is 9.18 Å². The zero-order chi connectivity index (χ0) is 28.0. The van der Waals surface area contributed by atoms with Gasteiger partial charge >= 0.3 is 11.9 Å². The van der Waals surface area contributed by atoms with Gasteiger partial charge in [-0.25, -0.2) is 9.59 Å². The smallest absolute Gasteiger partial charge is 0.337 e. The van der Waals surface area contributed by atoms with Crippen LogP contribution in [0.2, 0.25) is 15.1 Å². The van der Waals surface area contributed by atoms with Gasteiger partial charge in [0.05, 0.1) is 33.4 Å². The number of phenolic OH excluding ortho intramolecular Hbond substituents is 1. The van der Waals surface area contributed by atoms with Crippen molar-refractivity contribution in [2.75, 3.05) is 7.18 Å². The molecule has 0 spiro atoms. The minimum Gasteiger partial charge on any atom is -1.00 e. The maximum Gasteiger partial charge on any atom is 0.337 e. The lowest BCUT2D eigenvalue weighted by Crippen LogP contribution is -3.00. The van der Waals surface area contributed by atoms with E-state index in [1.807, 2.05) is 0 Å². The van der Waals surface area contributed by atoms with Crippen LogP contribution in [0.4, 0.5) is 8.78 Å². The van der Waals surface area contributed by atoms with E-state index in [4.69, 9.17) is 39.2 Å². The molecular weight excluding hydrogens is 604 g/mol. The Balaban J connectivity index is 0.00000137. The van der Waals surface area contributed by atoms with Crippen molar-refractivity contribution in [3.05, 3.63) is 84.7 Å². The van der Waals surface area contributed by atoms with E-state index < -0.39 is 50.7 Å². The number of fused-ring (bicyclic) bond motifs is 4. The van der Waals surface area contributed by atoms with Crippen LogP contribution in [0.5, 0.6) is 5.75 Å². The Bertz CT molecular complexity index is 1840. The first-order chi connectivity index (χ1) is 18.0. The zero-order valence-electron chi connectivity index (χ0n) is 19.3. The van der Waals surface area contributed by atoms with E-state index in [9.17, 15) is 34.1 Å². The molecule has 13 heteroatoms. The van der Waals surface area contributed by atoms with E-state index in [-0.39, 0.29) is 61.1 Å². The molecule has 3 N–H and O–H groups in total. The fraction of sp³-hybridized carbons (Fsp3) is 0.0385. The average molecular weight is 617 g/mol. The molecule has 0 aromatic heterocycles. The van der Waals surface area contributed by atoms with Crippen LogP contribution in [0.15, 0.2) is 51.7 Å². The van der Waals surface area contributed by atoms with Crippen molar-refractivity contribution >= 4 is 68.5 Å². The molecule has 0 fully saturated rings. The number of hydrogen-bond acceptors (Lipinski definition) is 5. The number of rotatable bonds is 3. The van der Waals surface area contributed by atoms with Crippen molar-refractivity contribution in [3.8, 4) is 28.2 Å². The third-order valence-electron chi connectivity index (χ3n) is 5.76. The van der Waals surface area contributed by atoms with E-state index in [1.54, 1.807) is 12.1 Å². The first-order valence-electron chi connectivity index (χ1n) is 10.4. The molecule has 202 valence electrons. The molecule has 0 saturated heterocycles. The van der Waals surface area contributed by atoms with Gasteiger partial charge in [0.25, 0.3) is 0 Å². The second-order valence-corrected chi connectivity index (χ2v) is 8.94. The van der Waals surface area contributed by atoms with Gasteiger partial charge in [-0.1, -0.05) is 59.1 Å². The highest BCUT2D eigenvalue weighted by Gasteiger charge is 2.31. The van der Waals surface area contributed by atoms with Crippen molar-refractivity contribution in [2.45, 2.75) is 0 Å². The number of hydrogen-bond donors (Lipinski definition) is 3. The van der Waals surface area contributed by atoms with Gasteiger partial charge in [-0.2, -0.15) is 4.39 Å². The quantitative estimate of drug-likeness (QED) is 0.201. The number of carboxylic acids is 2. The predicted molar refractivity (Wildman–Crippen MR) is 140 cm³/mol. The van der Waals surface area contributed by atoms with Gasteiger partial charge in [0.15, 0.2) is 11.3 Å². The summed E-state index contributed by atoms with van der Waals surface area (Å²) >= 11 is 18.8.